The van der Waals surface area contributed by atoms with E-state index in [4.69, 9.17) is 5.11 Å². The van der Waals surface area contributed by atoms with Crippen LogP contribution in [0.15, 0.2) is 11.0 Å². The Morgan fingerprint density at radius 2 is 2.18 bits per heavy atom. The molecule has 5 heteroatoms. The van der Waals surface area contributed by atoms with Crippen LogP contribution in [0.25, 0.3) is 10.9 Å². The van der Waals surface area contributed by atoms with E-state index in [1.54, 1.807) is 0 Å². The minimum atomic E-state index is -0.628. The zero-order valence-corrected chi connectivity index (χ0v) is 9.09. The number of fused-ring (bicyclic) bond motifs is 3. The average Bonchev–Trinajstić information content (AvgIpc) is 2.81. The zero-order valence-electron chi connectivity index (χ0n) is 9.09. The molecule has 0 aromatic carbocycles. The molecule has 17 heavy (non-hydrogen) atoms. The van der Waals surface area contributed by atoms with Crippen molar-refractivity contribution in [3.8, 4) is 0 Å². The van der Waals surface area contributed by atoms with Gasteiger partial charge in [-0.15, -0.1) is 0 Å². The van der Waals surface area contributed by atoms with Crippen LogP contribution < -0.4 is 5.56 Å². The summed E-state index contributed by atoms with van der Waals surface area (Å²) in [6.07, 6.45) is 3.98. The van der Waals surface area contributed by atoms with Gasteiger partial charge in [0, 0.05) is 17.1 Å². The number of nitrogens with zero attached hydrogens (tertiary/aromatic N) is 1. The quantitative estimate of drug-likeness (QED) is 0.774. The SMILES string of the molecule is O=c1[nH]c2c(F)c(CO)ncc2c2c1CCC2. The van der Waals surface area contributed by atoms with Crippen molar-refractivity contribution in [2.75, 3.05) is 0 Å². The summed E-state index contributed by atoms with van der Waals surface area (Å²) in [4.78, 5) is 18.2. The number of halogens is 1. The van der Waals surface area contributed by atoms with Gasteiger partial charge in [0.1, 0.15) is 5.69 Å². The Kier molecular flexibility index (Phi) is 2.22. The summed E-state index contributed by atoms with van der Waals surface area (Å²) in [6, 6.07) is 0. The second-order valence-electron chi connectivity index (χ2n) is 4.23. The van der Waals surface area contributed by atoms with Crippen LogP contribution >= 0.6 is 0 Å². The van der Waals surface area contributed by atoms with E-state index in [0.29, 0.717) is 5.39 Å². The fourth-order valence-electron chi connectivity index (χ4n) is 2.47. The molecular weight excluding hydrogens is 223 g/mol. The third kappa shape index (κ3) is 1.39. The molecule has 0 spiro atoms. The van der Waals surface area contributed by atoms with E-state index in [1.807, 2.05) is 0 Å². The highest BCUT2D eigenvalue weighted by Gasteiger charge is 2.20. The first-order chi connectivity index (χ1) is 8.22. The van der Waals surface area contributed by atoms with Gasteiger partial charge in [-0.05, 0) is 24.8 Å². The maximum Gasteiger partial charge on any atom is 0.251 e. The van der Waals surface area contributed by atoms with Gasteiger partial charge in [-0.2, -0.15) is 0 Å². The van der Waals surface area contributed by atoms with Gasteiger partial charge < -0.3 is 10.1 Å². The van der Waals surface area contributed by atoms with E-state index < -0.39 is 12.4 Å². The Morgan fingerprint density at radius 1 is 1.41 bits per heavy atom. The number of hydrogen-bond acceptors (Lipinski definition) is 3. The normalized spacial score (nSPS) is 14.2. The Morgan fingerprint density at radius 3 is 2.94 bits per heavy atom. The predicted molar refractivity (Wildman–Crippen MR) is 60.3 cm³/mol. The van der Waals surface area contributed by atoms with E-state index in [-0.39, 0.29) is 16.8 Å². The van der Waals surface area contributed by atoms with Crippen molar-refractivity contribution in [1.29, 1.82) is 0 Å². The lowest BCUT2D eigenvalue weighted by atomic mass is 10.1. The lowest BCUT2D eigenvalue weighted by molar-refractivity contribution is 0.270. The summed E-state index contributed by atoms with van der Waals surface area (Å²) >= 11 is 0. The van der Waals surface area contributed by atoms with Crippen LogP contribution in [0.2, 0.25) is 0 Å². The van der Waals surface area contributed by atoms with Crippen LogP contribution in [0.5, 0.6) is 0 Å². The van der Waals surface area contributed by atoms with E-state index in [9.17, 15) is 9.18 Å². The minimum Gasteiger partial charge on any atom is -0.390 e. The number of aliphatic hydroxyl groups is 1. The van der Waals surface area contributed by atoms with E-state index in [1.165, 1.54) is 6.20 Å². The molecule has 0 saturated carbocycles. The largest absolute Gasteiger partial charge is 0.390 e. The number of hydrogen-bond donors (Lipinski definition) is 2. The maximum atomic E-state index is 13.9. The molecule has 0 radical (unpaired) electrons. The first-order valence-electron chi connectivity index (χ1n) is 5.54. The molecule has 2 heterocycles. The smallest absolute Gasteiger partial charge is 0.251 e. The highest BCUT2D eigenvalue weighted by atomic mass is 19.1. The van der Waals surface area contributed by atoms with Crippen molar-refractivity contribution in [1.82, 2.24) is 9.97 Å². The van der Waals surface area contributed by atoms with Gasteiger partial charge in [0.25, 0.3) is 5.56 Å². The molecule has 0 saturated heterocycles. The van der Waals surface area contributed by atoms with Gasteiger partial charge in [-0.25, -0.2) is 4.39 Å². The van der Waals surface area contributed by atoms with E-state index >= 15 is 0 Å². The Balaban J connectivity index is 2.45. The van der Waals surface area contributed by atoms with Gasteiger partial charge in [0.2, 0.25) is 0 Å². The Labute approximate surface area is 96.1 Å². The predicted octanol–water partition coefficient (Wildman–Crippen LogP) is 1.04. The van der Waals surface area contributed by atoms with E-state index in [0.717, 1.165) is 30.4 Å². The van der Waals surface area contributed by atoms with Crippen molar-refractivity contribution >= 4 is 10.9 Å². The number of aliphatic hydroxyl groups excluding tert-OH is 1. The van der Waals surface area contributed by atoms with Gasteiger partial charge in [-0.3, -0.25) is 9.78 Å². The highest BCUT2D eigenvalue weighted by Crippen LogP contribution is 2.27. The topological polar surface area (TPSA) is 66.0 Å². The second kappa shape index (κ2) is 3.63. The Hall–Kier alpha value is -1.75. The van der Waals surface area contributed by atoms with Gasteiger partial charge in [0.05, 0.1) is 12.1 Å². The standard InChI is InChI=1S/C12H11FN2O2/c13-10-9(5-16)14-4-8-6-2-1-3-7(6)12(17)15-11(8)10/h4,16H,1-3,5H2,(H,15,17). The summed E-state index contributed by atoms with van der Waals surface area (Å²) in [5.74, 6) is -0.628. The molecule has 4 nitrogen and oxygen atoms in total. The maximum absolute atomic E-state index is 13.9. The minimum absolute atomic E-state index is 0.0360. The molecule has 0 aliphatic heterocycles. The van der Waals surface area contributed by atoms with Crippen LogP contribution in [-0.4, -0.2) is 15.1 Å². The molecule has 2 aromatic heterocycles. The number of aryl methyl sites for hydroxylation is 1. The molecule has 2 N–H and O–H groups in total. The molecule has 3 rings (SSSR count). The molecule has 1 aliphatic rings. The third-order valence-electron chi connectivity index (χ3n) is 3.30. The van der Waals surface area contributed by atoms with Crippen molar-refractivity contribution in [2.45, 2.75) is 25.9 Å². The van der Waals surface area contributed by atoms with Crippen molar-refractivity contribution in [3.63, 3.8) is 0 Å². The summed E-state index contributed by atoms with van der Waals surface area (Å²) in [5, 5.41) is 9.61. The fourth-order valence-corrected chi connectivity index (χ4v) is 2.47. The van der Waals surface area contributed by atoms with Crippen LogP contribution in [-0.2, 0) is 19.4 Å². The number of nitrogens with one attached hydrogen (secondary N) is 1. The highest BCUT2D eigenvalue weighted by molar-refractivity contribution is 5.83. The van der Waals surface area contributed by atoms with E-state index in [2.05, 4.69) is 9.97 Å². The molecule has 1 aliphatic carbocycles. The summed E-state index contributed by atoms with van der Waals surface area (Å²) < 4.78 is 13.9. The van der Waals surface area contributed by atoms with Gasteiger partial charge >= 0.3 is 0 Å². The summed E-state index contributed by atoms with van der Waals surface area (Å²) in [5.41, 5.74) is 1.55. The lowest BCUT2D eigenvalue weighted by Gasteiger charge is -2.07. The molecule has 0 unspecified atom stereocenters. The molecule has 0 atom stereocenters. The van der Waals surface area contributed by atoms with Crippen molar-refractivity contribution < 1.29 is 9.50 Å². The number of H-pyrrole nitrogens is 1. The van der Waals surface area contributed by atoms with Crippen LogP contribution in [0.4, 0.5) is 4.39 Å². The van der Waals surface area contributed by atoms with Crippen molar-refractivity contribution in [3.05, 3.63) is 39.2 Å². The van der Waals surface area contributed by atoms with Crippen LogP contribution in [0, 0.1) is 5.82 Å². The van der Waals surface area contributed by atoms with Crippen LogP contribution in [0.1, 0.15) is 23.2 Å². The second-order valence-corrected chi connectivity index (χ2v) is 4.23. The fraction of sp³-hybridized carbons (Fsp3) is 0.333. The average molecular weight is 234 g/mol. The third-order valence-corrected chi connectivity index (χ3v) is 3.30. The first kappa shape index (κ1) is 10.4. The molecular formula is C12H11FN2O2. The first-order valence-corrected chi connectivity index (χ1v) is 5.54. The molecule has 2 aromatic rings. The van der Waals surface area contributed by atoms with Crippen molar-refractivity contribution in [2.24, 2.45) is 0 Å². The Bertz CT molecular complexity index is 664. The number of pyridine rings is 2. The summed E-state index contributed by atoms with van der Waals surface area (Å²) in [6.45, 7) is -0.471. The molecule has 0 bridgehead atoms. The van der Waals surface area contributed by atoms with Crippen LogP contribution in [0.3, 0.4) is 0 Å². The zero-order chi connectivity index (χ0) is 12.0. The monoisotopic (exact) mass is 234 g/mol. The van der Waals surface area contributed by atoms with Gasteiger partial charge in [-0.1, -0.05) is 0 Å². The summed E-state index contributed by atoms with van der Waals surface area (Å²) in [7, 11) is 0. The number of aromatic amines is 1. The lowest BCUT2D eigenvalue weighted by Crippen LogP contribution is -2.14. The number of rotatable bonds is 1. The molecule has 0 amide bonds. The molecule has 0 fully saturated rings. The number of aromatic nitrogens is 2. The molecule has 88 valence electrons. The van der Waals surface area contributed by atoms with Gasteiger partial charge in [0.15, 0.2) is 5.82 Å².